The third kappa shape index (κ3) is 3.19. The van der Waals surface area contributed by atoms with Gasteiger partial charge in [0.05, 0.1) is 23.6 Å². The number of nitrogens with one attached hydrogen (secondary N) is 1. The second-order valence-electron chi connectivity index (χ2n) is 6.36. The van der Waals surface area contributed by atoms with E-state index in [9.17, 15) is 4.39 Å². The Morgan fingerprint density at radius 2 is 2.32 bits per heavy atom. The summed E-state index contributed by atoms with van der Waals surface area (Å²) in [5.74, 6) is 1.48. The number of nitrogens with zero attached hydrogens (tertiary/aromatic N) is 5. The number of anilines is 1. The molecule has 0 bridgehead atoms. The zero-order chi connectivity index (χ0) is 17.4. The van der Waals surface area contributed by atoms with Crippen LogP contribution < -0.4 is 4.90 Å². The summed E-state index contributed by atoms with van der Waals surface area (Å²) in [5, 5.41) is 16.0. The molecule has 1 saturated heterocycles. The fraction of sp³-hybridized carbons (Fsp3) is 0.500. The number of fused-ring (bicyclic) bond motifs is 1. The third-order valence-electron chi connectivity index (χ3n) is 4.08. The number of ether oxygens (including phenoxy) is 1. The van der Waals surface area contributed by atoms with E-state index >= 15 is 0 Å². The Morgan fingerprint density at radius 3 is 3.08 bits per heavy atom. The van der Waals surface area contributed by atoms with Crippen molar-refractivity contribution in [3.63, 3.8) is 0 Å². The number of hydrogen-bond acceptors (Lipinski definition) is 7. The fourth-order valence-electron chi connectivity index (χ4n) is 2.82. The van der Waals surface area contributed by atoms with Crippen molar-refractivity contribution in [3.05, 3.63) is 18.2 Å². The van der Waals surface area contributed by atoms with E-state index in [1.165, 1.54) is 0 Å². The highest BCUT2D eigenvalue weighted by molar-refractivity contribution is 5.90. The predicted molar refractivity (Wildman–Crippen MR) is 88.8 cm³/mol. The van der Waals surface area contributed by atoms with Gasteiger partial charge >= 0.3 is 0 Å². The second kappa shape index (κ2) is 6.40. The van der Waals surface area contributed by atoms with Crippen LogP contribution in [0.3, 0.4) is 0 Å². The van der Waals surface area contributed by atoms with E-state index in [4.69, 9.17) is 9.15 Å². The molecule has 0 amide bonds. The summed E-state index contributed by atoms with van der Waals surface area (Å²) in [4.78, 5) is 6.28. The number of H-pyrrole nitrogens is 1. The maximum absolute atomic E-state index is 13.5. The van der Waals surface area contributed by atoms with Crippen LogP contribution in [0, 0.1) is 0 Å². The number of pyridine rings is 1. The molecular formula is C16H19FN6O2. The molecule has 1 atom stereocenters. The molecular weight excluding hydrogens is 327 g/mol. The summed E-state index contributed by atoms with van der Waals surface area (Å²) in [6, 6.07) is 1.88. The number of aromatic nitrogens is 5. The van der Waals surface area contributed by atoms with E-state index in [0.717, 1.165) is 5.39 Å². The third-order valence-corrected chi connectivity index (χ3v) is 4.08. The molecule has 3 aromatic rings. The zero-order valence-corrected chi connectivity index (χ0v) is 14.1. The average molecular weight is 346 g/mol. The highest BCUT2D eigenvalue weighted by Gasteiger charge is 2.25. The van der Waals surface area contributed by atoms with Gasteiger partial charge < -0.3 is 14.1 Å². The molecule has 1 fully saturated rings. The van der Waals surface area contributed by atoms with Crippen LogP contribution in [0.2, 0.25) is 0 Å². The Morgan fingerprint density at radius 1 is 1.44 bits per heavy atom. The van der Waals surface area contributed by atoms with Crippen LogP contribution in [0.5, 0.6) is 0 Å². The van der Waals surface area contributed by atoms with Crippen molar-refractivity contribution in [1.82, 2.24) is 25.4 Å². The van der Waals surface area contributed by atoms with Crippen LogP contribution in [0.4, 0.5) is 10.2 Å². The number of aromatic amines is 1. The SMILES string of the molecule is CC(C)OCc1nnc(-c2cnc3[nH]nc(N4CCC(F)C4)c3c2)o1. The first kappa shape index (κ1) is 15.9. The number of halogens is 1. The standard InChI is InChI=1S/C16H19FN6O2/c1-9(2)24-8-13-19-22-16(25-13)10-5-12-14(18-6-10)20-21-15(12)23-4-3-11(17)7-23/h5-6,9,11H,3-4,7-8H2,1-2H3,(H,18,20,21). The summed E-state index contributed by atoms with van der Waals surface area (Å²) in [7, 11) is 0. The van der Waals surface area contributed by atoms with E-state index in [-0.39, 0.29) is 12.7 Å². The molecule has 25 heavy (non-hydrogen) atoms. The molecule has 8 nitrogen and oxygen atoms in total. The first-order valence-corrected chi connectivity index (χ1v) is 8.27. The van der Waals surface area contributed by atoms with Crippen LogP contribution in [0.25, 0.3) is 22.5 Å². The molecule has 4 rings (SSSR count). The van der Waals surface area contributed by atoms with E-state index in [2.05, 4.69) is 25.4 Å². The Labute approximate surface area is 143 Å². The van der Waals surface area contributed by atoms with Gasteiger partial charge in [-0.25, -0.2) is 9.37 Å². The Bertz CT molecular complexity index is 877. The van der Waals surface area contributed by atoms with E-state index in [1.54, 1.807) is 6.20 Å². The Balaban J connectivity index is 1.62. The number of hydrogen-bond donors (Lipinski definition) is 1. The molecule has 4 heterocycles. The van der Waals surface area contributed by atoms with E-state index < -0.39 is 6.17 Å². The molecule has 9 heteroatoms. The lowest BCUT2D eigenvalue weighted by Crippen LogP contribution is -2.20. The van der Waals surface area contributed by atoms with Gasteiger partial charge in [-0.15, -0.1) is 10.2 Å². The smallest absolute Gasteiger partial charge is 0.249 e. The minimum absolute atomic E-state index is 0.0849. The first-order valence-electron chi connectivity index (χ1n) is 8.27. The molecule has 0 saturated carbocycles. The molecule has 0 radical (unpaired) electrons. The second-order valence-corrected chi connectivity index (χ2v) is 6.36. The zero-order valence-electron chi connectivity index (χ0n) is 14.1. The topological polar surface area (TPSA) is 93.0 Å². The Kier molecular flexibility index (Phi) is 4.08. The molecule has 1 aliphatic heterocycles. The van der Waals surface area contributed by atoms with Crippen LogP contribution in [0.1, 0.15) is 26.2 Å². The molecule has 0 spiro atoms. The van der Waals surface area contributed by atoms with Crippen LogP contribution in [0.15, 0.2) is 16.7 Å². The quantitative estimate of drug-likeness (QED) is 0.758. The maximum atomic E-state index is 13.5. The monoisotopic (exact) mass is 346 g/mol. The van der Waals surface area contributed by atoms with E-state index in [0.29, 0.717) is 48.3 Å². The fourth-order valence-corrected chi connectivity index (χ4v) is 2.82. The largest absolute Gasteiger partial charge is 0.418 e. The normalized spacial score (nSPS) is 17.9. The minimum atomic E-state index is -0.817. The van der Waals surface area contributed by atoms with Gasteiger partial charge in [-0.3, -0.25) is 5.10 Å². The highest BCUT2D eigenvalue weighted by atomic mass is 19.1. The number of rotatable bonds is 5. The van der Waals surface area contributed by atoms with Crippen LogP contribution in [-0.2, 0) is 11.3 Å². The lowest BCUT2D eigenvalue weighted by Gasteiger charge is -2.13. The molecule has 1 N–H and O–H groups in total. The molecule has 132 valence electrons. The van der Waals surface area contributed by atoms with Crippen LogP contribution in [-0.4, -0.2) is 50.7 Å². The van der Waals surface area contributed by atoms with E-state index in [1.807, 2.05) is 24.8 Å². The highest BCUT2D eigenvalue weighted by Crippen LogP contribution is 2.30. The lowest BCUT2D eigenvalue weighted by atomic mass is 10.2. The van der Waals surface area contributed by atoms with Gasteiger partial charge in [0.25, 0.3) is 0 Å². The summed E-state index contributed by atoms with van der Waals surface area (Å²) in [5.41, 5.74) is 1.33. The van der Waals surface area contributed by atoms with Crippen molar-refractivity contribution < 1.29 is 13.5 Å². The van der Waals surface area contributed by atoms with Gasteiger partial charge in [-0.2, -0.15) is 5.10 Å². The van der Waals surface area contributed by atoms with Crippen LogP contribution >= 0.6 is 0 Å². The van der Waals surface area contributed by atoms with Crippen molar-refractivity contribution >= 4 is 16.9 Å². The molecule has 1 aliphatic rings. The minimum Gasteiger partial charge on any atom is -0.418 e. The van der Waals surface area contributed by atoms with Gasteiger partial charge in [0.1, 0.15) is 12.8 Å². The van der Waals surface area contributed by atoms with Gasteiger partial charge in [-0.1, -0.05) is 0 Å². The van der Waals surface area contributed by atoms with Gasteiger partial charge in [0, 0.05) is 12.7 Å². The van der Waals surface area contributed by atoms with Crippen molar-refractivity contribution in [3.8, 4) is 11.5 Å². The maximum Gasteiger partial charge on any atom is 0.249 e. The van der Waals surface area contributed by atoms with Crippen molar-refractivity contribution in [2.75, 3.05) is 18.0 Å². The summed E-state index contributed by atoms with van der Waals surface area (Å²) in [6.07, 6.45) is 1.43. The van der Waals surface area contributed by atoms with Gasteiger partial charge in [0.2, 0.25) is 11.8 Å². The van der Waals surface area contributed by atoms with Crippen molar-refractivity contribution in [2.45, 2.75) is 39.2 Å². The summed E-state index contributed by atoms with van der Waals surface area (Å²) < 4.78 is 24.6. The van der Waals surface area contributed by atoms with Crippen molar-refractivity contribution in [2.24, 2.45) is 0 Å². The first-order chi connectivity index (χ1) is 12.1. The average Bonchev–Trinajstić information content (AvgIpc) is 3.31. The predicted octanol–water partition coefficient (Wildman–Crippen LogP) is 2.48. The molecule has 0 aliphatic carbocycles. The molecule has 3 aromatic heterocycles. The summed E-state index contributed by atoms with van der Waals surface area (Å²) in [6.45, 7) is 5.14. The lowest BCUT2D eigenvalue weighted by molar-refractivity contribution is 0.0519. The van der Waals surface area contributed by atoms with Gasteiger partial charge in [0.15, 0.2) is 11.5 Å². The molecule has 0 aromatic carbocycles. The Hall–Kier alpha value is -2.55. The number of alkyl halides is 1. The molecule has 1 unspecified atom stereocenters. The summed E-state index contributed by atoms with van der Waals surface area (Å²) >= 11 is 0. The van der Waals surface area contributed by atoms with Crippen molar-refractivity contribution in [1.29, 1.82) is 0 Å². The van der Waals surface area contributed by atoms with Gasteiger partial charge in [-0.05, 0) is 26.3 Å².